The smallest absolute Gasteiger partial charge is 0.309 e. The molecule has 0 amide bonds. The maximum Gasteiger partial charge on any atom is 0.309 e. The molecule has 214 valence electrons. The highest BCUT2D eigenvalue weighted by atomic mass is 35.5. The van der Waals surface area contributed by atoms with Gasteiger partial charge in [-0.2, -0.15) is 0 Å². The highest BCUT2D eigenvalue weighted by Crippen LogP contribution is 2.45. The van der Waals surface area contributed by atoms with E-state index >= 15 is 0 Å². The number of aliphatic hydroxyl groups is 2. The van der Waals surface area contributed by atoms with Gasteiger partial charge in [-0.05, 0) is 45.1 Å². The summed E-state index contributed by atoms with van der Waals surface area (Å²) in [5.41, 5.74) is -0.905. The van der Waals surface area contributed by atoms with Crippen LogP contribution in [0, 0.1) is 24.2 Å². The summed E-state index contributed by atoms with van der Waals surface area (Å²) in [4.78, 5) is 31.2. The Hall–Kier alpha value is -1.32. The van der Waals surface area contributed by atoms with E-state index in [9.17, 15) is 19.8 Å². The largest absolute Gasteiger partial charge is 0.456 e. The molecule has 0 aliphatic carbocycles. The number of ether oxygens (including phenoxy) is 2. The Balaban J connectivity index is 1.88. The van der Waals surface area contributed by atoms with Gasteiger partial charge in [-0.15, -0.1) is 11.3 Å². The Labute approximate surface area is 236 Å². The average Bonchev–Trinajstić information content (AvgIpc) is 3.29. The first-order valence-corrected chi connectivity index (χ1v) is 15.1. The van der Waals surface area contributed by atoms with E-state index in [0.717, 1.165) is 37.1 Å². The third-order valence-corrected chi connectivity index (χ3v) is 9.47. The van der Waals surface area contributed by atoms with Crippen LogP contribution in [0.1, 0.15) is 96.7 Å². The van der Waals surface area contributed by atoms with E-state index < -0.39 is 35.6 Å². The number of esters is 1. The SMILES string of the molecule is CCCC[C@H]1C(=O)C(C)(C)[C@@H](O)CC(=O)O[C@H](/C(Cl)=C/c2csc(C)n2)C[C@@H]2O[C@]2(C)CCC[C@H](C)[C@@H]1O. The molecular formula is C29H44ClNO6S. The topological polar surface area (TPSA) is 109 Å². The number of Topliss-reactive ketones (excluding diaryl/α,β-unsaturated/α-hetero) is 1. The molecular weight excluding hydrogens is 526 g/mol. The fraction of sp³-hybridized carbons (Fsp3) is 0.759. The summed E-state index contributed by atoms with van der Waals surface area (Å²) in [5.74, 6) is -1.55. The van der Waals surface area contributed by atoms with Crippen molar-refractivity contribution in [3.63, 3.8) is 0 Å². The zero-order valence-corrected chi connectivity index (χ0v) is 25.1. The van der Waals surface area contributed by atoms with Gasteiger partial charge in [-0.3, -0.25) is 9.59 Å². The number of rotatable bonds is 5. The van der Waals surface area contributed by atoms with Crippen molar-refractivity contribution in [2.45, 2.75) is 123 Å². The van der Waals surface area contributed by atoms with Crippen LogP contribution < -0.4 is 0 Å². The molecule has 1 aromatic rings. The summed E-state index contributed by atoms with van der Waals surface area (Å²) in [5, 5.41) is 25.4. The predicted molar refractivity (Wildman–Crippen MR) is 150 cm³/mol. The van der Waals surface area contributed by atoms with Crippen LogP contribution in [-0.4, -0.2) is 57.0 Å². The van der Waals surface area contributed by atoms with Gasteiger partial charge in [0.2, 0.25) is 0 Å². The molecule has 0 radical (unpaired) electrons. The van der Waals surface area contributed by atoms with Crippen molar-refractivity contribution in [1.82, 2.24) is 4.98 Å². The van der Waals surface area contributed by atoms with Gasteiger partial charge in [-0.25, -0.2) is 4.98 Å². The number of aromatic nitrogens is 1. The fourth-order valence-electron chi connectivity index (χ4n) is 5.39. The van der Waals surface area contributed by atoms with Crippen LogP contribution in [0.4, 0.5) is 0 Å². The highest BCUT2D eigenvalue weighted by Gasteiger charge is 2.53. The summed E-state index contributed by atoms with van der Waals surface area (Å²) >= 11 is 8.17. The minimum Gasteiger partial charge on any atom is -0.456 e. The van der Waals surface area contributed by atoms with Gasteiger partial charge in [0.1, 0.15) is 11.9 Å². The molecule has 9 heteroatoms. The minimum atomic E-state index is -1.27. The maximum absolute atomic E-state index is 13.7. The first kappa shape index (κ1) is 31.2. The van der Waals surface area contributed by atoms with Gasteiger partial charge in [0.25, 0.3) is 0 Å². The number of halogens is 1. The lowest BCUT2D eigenvalue weighted by Crippen LogP contribution is -2.46. The number of hydrogen-bond donors (Lipinski definition) is 2. The molecule has 0 saturated carbocycles. The monoisotopic (exact) mass is 569 g/mol. The van der Waals surface area contributed by atoms with Gasteiger partial charge in [0, 0.05) is 17.7 Å². The Morgan fingerprint density at radius 2 is 2.00 bits per heavy atom. The maximum atomic E-state index is 13.7. The summed E-state index contributed by atoms with van der Waals surface area (Å²) in [6, 6.07) is 0. The molecule has 0 aromatic carbocycles. The van der Waals surface area contributed by atoms with Crippen molar-refractivity contribution in [3.05, 3.63) is 21.1 Å². The molecule has 2 aliphatic heterocycles. The molecule has 2 N–H and O–H groups in total. The second kappa shape index (κ2) is 12.9. The normalized spacial score (nSPS) is 35.4. The van der Waals surface area contributed by atoms with Gasteiger partial charge < -0.3 is 19.7 Å². The van der Waals surface area contributed by atoms with Gasteiger partial charge >= 0.3 is 5.97 Å². The number of carbonyl (C=O) groups excluding carboxylic acids is 2. The van der Waals surface area contributed by atoms with Crippen molar-refractivity contribution < 1.29 is 29.3 Å². The van der Waals surface area contributed by atoms with Crippen LogP contribution in [0.2, 0.25) is 0 Å². The van der Waals surface area contributed by atoms with Crippen LogP contribution in [0.5, 0.6) is 0 Å². The molecule has 1 aromatic heterocycles. The number of fused-ring (bicyclic) bond motifs is 1. The second-order valence-electron chi connectivity index (χ2n) is 11.9. The van der Waals surface area contributed by atoms with Crippen LogP contribution in [0.15, 0.2) is 10.4 Å². The molecule has 3 rings (SSSR count). The molecule has 7 nitrogen and oxygen atoms in total. The van der Waals surface area contributed by atoms with Crippen molar-refractivity contribution >= 4 is 40.8 Å². The van der Waals surface area contributed by atoms with Crippen molar-refractivity contribution in [1.29, 1.82) is 0 Å². The predicted octanol–water partition coefficient (Wildman–Crippen LogP) is 5.82. The first-order chi connectivity index (χ1) is 17.8. The zero-order valence-electron chi connectivity index (χ0n) is 23.5. The van der Waals surface area contributed by atoms with Gasteiger partial charge in [-0.1, -0.05) is 58.6 Å². The molecule has 0 bridgehead atoms. The number of carbonyl (C=O) groups is 2. The minimum absolute atomic E-state index is 0.0842. The third-order valence-electron chi connectivity index (χ3n) is 8.33. The lowest BCUT2D eigenvalue weighted by Gasteiger charge is -2.36. The van der Waals surface area contributed by atoms with Gasteiger partial charge in [0.05, 0.1) is 51.5 Å². The first-order valence-electron chi connectivity index (χ1n) is 13.9. The van der Waals surface area contributed by atoms with E-state index in [1.807, 2.05) is 33.1 Å². The van der Waals surface area contributed by atoms with E-state index in [1.165, 1.54) is 11.3 Å². The van der Waals surface area contributed by atoms with E-state index in [4.69, 9.17) is 21.1 Å². The van der Waals surface area contributed by atoms with E-state index in [1.54, 1.807) is 19.9 Å². The molecule has 2 saturated heterocycles. The standard InChI is InChI=1S/C29H44ClNO6S/c1-7-8-11-20-26(34)17(2)10-9-12-29(6)24(37-29)14-22(21(30)13-19-16-38-18(3)31-19)36-25(33)15-23(32)28(4,5)27(20)35/h13,16-17,20,22-24,26,32,34H,7-12,14-15H2,1-6H3/b21-13-/t17-,20+,22-,23-,24-,26-,29+/m0/s1. The number of unbranched alkanes of at least 4 members (excludes halogenated alkanes) is 1. The van der Waals surface area contributed by atoms with E-state index in [2.05, 4.69) is 4.98 Å². The zero-order chi connectivity index (χ0) is 28.3. The second-order valence-corrected chi connectivity index (χ2v) is 13.4. The Kier molecular flexibility index (Phi) is 10.6. The molecule has 38 heavy (non-hydrogen) atoms. The highest BCUT2D eigenvalue weighted by molar-refractivity contribution is 7.09. The molecule has 2 aliphatic rings. The number of aliphatic hydroxyl groups excluding tert-OH is 2. The molecule has 2 fully saturated rings. The Morgan fingerprint density at radius 3 is 2.63 bits per heavy atom. The lowest BCUT2D eigenvalue weighted by molar-refractivity contribution is -0.154. The van der Waals surface area contributed by atoms with Crippen LogP contribution in [0.25, 0.3) is 6.08 Å². The number of cyclic esters (lactones) is 1. The molecule has 3 heterocycles. The van der Waals surface area contributed by atoms with E-state index in [0.29, 0.717) is 23.6 Å². The Morgan fingerprint density at radius 1 is 1.29 bits per heavy atom. The van der Waals surface area contributed by atoms with Crippen molar-refractivity contribution in [3.8, 4) is 0 Å². The van der Waals surface area contributed by atoms with E-state index in [-0.39, 0.29) is 29.8 Å². The third kappa shape index (κ3) is 7.66. The number of hydrogen-bond acceptors (Lipinski definition) is 8. The summed E-state index contributed by atoms with van der Waals surface area (Å²) in [6.45, 7) is 11.3. The Bertz CT molecular complexity index is 1010. The molecule has 7 atom stereocenters. The summed E-state index contributed by atoms with van der Waals surface area (Å²) < 4.78 is 11.8. The number of ketones is 1. The summed E-state index contributed by atoms with van der Waals surface area (Å²) in [6.07, 6.45) is 3.38. The number of nitrogens with zero attached hydrogens (tertiary/aromatic N) is 1. The van der Waals surface area contributed by atoms with Crippen LogP contribution in [0.3, 0.4) is 0 Å². The number of aryl methyl sites for hydroxylation is 1. The van der Waals surface area contributed by atoms with Crippen molar-refractivity contribution in [2.24, 2.45) is 17.3 Å². The quantitative estimate of drug-likeness (QED) is 0.339. The van der Waals surface area contributed by atoms with Gasteiger partial charge in [0.15, 0.2) is 0 Å². The number of thiazole rings is 1. The lowest BCUT2D eigenvalue weighted by atomic mass is 9.71. The number of epoxide rings is 1. The molecule has 0 unspecified atom stereocenters. The van der Waals surface area contributed by atoms with Crippen LogP contribution >= 0.6 is 22.9 Å². The summed E-state index contributed by atoms with van der Waals surface area (Å²) in [7, 11) is 0. The van der Waals surface area contributed by atoms with Crippen LogP contribution in [-0.2, 0) is 19.1 Å². The fourth-order valence-corrected chi connectivity index (χ4v) is 6.20. The van der Waals surface area contributed by atoms with Crippen molar-refractivity contribution in [2.75, 3.05) is 0 Å². The average molecular weight is 570 g/mol. The molecule has 0 spiro atoms.